The predicted octanol–water partition coefficient (Wildman–Crippen LogP) is 3.39. The Morgan fingerprint density at radius 2 is 2.25 bits per heavy atom. The summed E-state index contributed by atoms with van der Waals surface area (Å²) in [6, 6.07) is 4.76. The van der Waals surface area contributed by atoms with Crippen molar-refractivity contribution in [1.29, 1.82) is 0 Å². The predicted molar refractivity (Wildman–Crippen MR) is 76.1 cm³/mol. The maximum atomic E-state index is 11.9. The first-order valence-corrected chi connectivity index (χ1v) is 6.80. The van der Waals surface area contributed by atoms with Gasteiger partial charge in [-0.3, -0.25) is 4.68 Å². The molecule has 106 valence electrons. The van der Waals surface area contributed by atoms with Gasteiger partial charge < -0.3 is 4.74 Å². The average molecular weight is 314 g/mol. The van der Waals surface area contributed by atoms with Crippen LogP contribution in [-0.4, -0.2) is 27.3 Å². The van der Waals surface area contributed by atoms with Crippen LogP contribution < -0.4 is 0 Å². The van der Waals surface area contributed by atoms with E-state index >= 15 is 0 Å². The van der Waals surface area contributed by atoms with Crippen LogP contribution in [0.25, 0.3) is 0 Å². The Balaban J connectivity index is 1.86. The van der Waals surface area contributed by atoms with Crippen molar-refractivity contribution in [2.45, 2.75) is 19.4 Å². The molecule has 1 heterocycles. The van der Waals surface area contributed by atoms with Crippen LogP contribution in [0.4, 0.5) is 0 Å². The number of hydrogen-bond donors (Lipinski definition) is 0. The zero-order valence-electron chi connectivity index (χ0n) is 10.8. The molecule has 1 unspecified atom stereocenters. The Kier molecular flexibility index (Phi) is 4.98. The maximum absolute atomic E-state index is 11.9. The minimum atomic E-state index is -0.461. The van der Waals surface area contributed by atoms with E-state index < -0.39 is 5.97 Å². The molecule has 1 atom stereocenters. The Labute approximate surface area is 126 Å². The summed E-state index contributed by atoms with van der Waals surface area (Å²) in [5.41, 5.74) is 0.310. The van der Waals surface area contributed by atoms with Crippen LogP contribution in [0.15, 0.2) is 30.9 Å². The van der Waals surface area contributed by atoms with E-state index in [1.54, 1.807) is 23.1 Å². The van der Waals surface area contributed by atoms with Gasteiger partial charge in [0.15, 0.2) is 0 Å². The van der Waals surface area contributed by atoms with Gasteiger partial charge >= 0.3 is 5.97 Å². The van der Waals surface area contributed by atoms with Crippen LogP contribution in [0, 0.1) is 0 Å². The summed E-state index contributed by atoms with van der Waals surface area (Å²) in [7, 11) is 0. The molecule has 0 saturated heterocycles. The third-order valence-electron chi connectivity index (χ3n) is 2.81. The molecule has 0 spiro atoms. The number of aromatic nitrogens is 3. The summed E-state index contributed by atoms with van der Waals surface area (Å²) in [5.74, 6) is -0.461. The average Bonchev–Trinajstić information content (AvgIpc) is 2.92. The van der Waals surface area contributed by atoms with E-state index in [4.69, 9.17) is 27.9 Å². The molecule has 0 radical (unpaired) electrons. The van der Waals surface area contributed by atoms with Crippen molar-refractivity contribution < 1.29 is 9.53 Å². The van der Waals surface area contributed by atoms with Crippen molar-refractivity contribution in [3.63, 3.8) is 0 Å². The van der Waals surface area contributed by atoms with Gasteiger partial charge in [0.05, 0.1) is 23.2 Å². The molecule has 1 aromatic heterocycles. The smallest absolute Gasteiger partial charge is 0.339 e. The van der Waals surface area contributed by atoms with E-state index in [9.17, 15) is 4.79 Å². The fourth-order valence-corrected chi connectivity index (χ4v) is 2.12. The lowest BCUT2D eigenvalue weighted by atomic mass is 10.2. The zero-order valence-corrected chi connectivity index (χ0v) is 12.3. The zero-order chi connectivity index (χ0) is 14.5. The molecule has 0 fully saturated rings. The Bertz CT molecular complexity index is 587. The second kappa shape index (κ2) is 6.72. The van der Waals surface area contributed by atoms with Crippen LogP contribution in [0.1, 0.15) is 29.7 Å². The molecule has 5 nitrogen and oxygen atoms in total. The van der Waals surface area contributed by atoms with Crippen molar-refractivity contribution in [2.75, 3.05) is 6.61 Å². The lowest BCUT2D eigenvalue weighted by molar-refractivity contribution is 0.0485. The molecular formula is C13H13Cl2N3O2. The number of carbonyl (C=O) groups excluding carboxylic acids is 1. The fraction of sp³-hybridized carbons (Fsp3) is 0.308. The van der Waals surface area contributed by atoms with E-state index in [0.29, 0.717) is 17.0 Å². The van der Waals surface area contributed by atoms with Gasteiger partial charge in [0.25, 0.3) is 0 Å². The molecular weight excluding hydrogens is 301 g/mol. The number of ether oxygens (including phenoxy) is 1. The van der Waals surface area contributed by atoms with Crippen LogP contribution >= 0.6 is 23.2 Å². The number of benzene rings is 1. The van der Waals surface area contributed by atoms with Crippen molar-refractivity contribution >= 4 is 29.2 Å². The van der Waals surface area contributed by atoms with Gasteiger partial charge in [-0.15, -0.1) is 0 Å². The summed E-state index contributed by atoms with van der Waals surface area (Å²) in [6.07, 6.45) is 3.73. The lowest BCUT2D eigenvalue weighted by Crippen LogP contribution is -2.12. The number of nitrogens with zero attached hydrogens (tertiary/aromatic N) is 3. The SMILES string of the molecule is CC(CCOC(=O)c1ccc(Cl)cc1Cl)n1cncn1. The third kappa shape index (κ3) is 3.71. The standard InChI is InChI=1S/C13H13Cl2N3O2/c1-9(18-8-16-7-17-18)4-5-20-13(19)11-3-2-10(14)6-12(11)15/h2-3,6-9H,4-5H2,1H3. The number of rotatable bonds is 5. The normalized spacial score (nSPS) is 12.2. The molecule has 7 heteroatoms. The van der Waals surface area contributed by atoms with Crippen molar-refractivity contribution in [2.24, 2.45) is 0 Å². The maximum Gasteiger partial charge on any atom is 0.339 e. The molecule has 0 bridgehead atoms. The van der Waals surface area contributed by atoms with Gasteiger partial charge in [0.1, 0.15) is 12.7 Å². The minimum absolute atomic E-state index is 0.103. The van der Waals surface area contributed by atoms with E-state index in [0.717, 1.165) is 0 Å². The largest absolute Gasteiger partial charge is 0.462 e. The first-order chi connectivity index (χ1) is 9.58. The molecule has 2 rings (SSSR count). The van der Waals surface area contributed by atoms with Crippen LogP contribution in [0.3, 0.4) is 0 Å². The summed E-state index contributed by atoms with van der Waals surface area (Å²) >= 11 is 11.7. The molecule has 2 aromatic rings. The van der Waals surface area contributed by atoms with Gasteiger partial charge in [-0.1, -0.05) is 23.2 Å². The summed E-state index contributed by atoms with van der Waals surface area (Å²) in [4.78, 5) is 15.7. The highest BCUT2D eigenvalue weighted by atomic mass is 35.5. The van der Waals surface area contributed by atoms with E-state index in [-0.39, 0.29) is 17.7 Å². The van der Waals surface area contributed by atoms with Crippen molar-refractivity contribution in [1.82, 2.24) is 14.8 Å². The summed E-state index contributed by atoms with van der Waals surface area (Å²) < 4.78 is 6.90. The van der Waals surface area contributed by atoms with E-state index in [1.165, 1.54) is 12.4 Å². The highest BCUT2D eigenvalue weighted by Crippen LogP contribution is 2.21. The van der Waals surface area contributed by atoms with Crippen molar-refractivity contribution in [3.8, 4) is 0 Å². The molecule has 0 aliphatic rings. The highest BCUT2D eigenvalue weighted by Gasteiger charge is 2.13. The molecule has 20 heavy (non-hydrogen) atoms. The number of hydrogen-bond acceptors (Lipinski definition) is 4. The Morgan fingerprint density at radius 3 is 2.90 bits per heavy atom. The first kappa shape index (κ1) is 14.8. The van der Waals surface area contributed by atoms with E-state index in [1.807, 2.05) is 6.92 Å². The van der Waals surface area contributed by atoms with Crippen LogP contribution in [0.5, 0.6) is 0 Å². The Morgan fingerprint density at radius 1 is 1.45 bits per heavy atom. The van der Waals surface area contributed by atoms with Gasteiger partial charge in [0, 0.05) is 11.4 Å². The highest BCUT2D eigenvalue weighted by molar-refractivity contribution is 6.36. The molecule has 1 aromatic carbocycles. The van der Waals surface area contributed by atoms with Crippen LogP contribution in [0.2, 0.25) is 10.0 Å². The Hall–Kier alpha value is -1.59. The lowest BCUT2D eigenvalue weighted by Gasteiger charge is -2.12. The van der Waals surface area contributed by atoms with Gasteiger partial charge in [0.2, 0.25) is 0 Å². The monoisotopic (exact) mass is 313 g/mol. The second-order valence-corrected chi connectivity index (χ2v) is 5.12. The second-order valence-electron chi connectivity index (χ2n) is 4.27. The number of halogens is 2. The summed E-state index contributed by atoms with van der Waals surface area (Å²) in [5, 5.41) is 4.79. The molecule has 0 aliphatic carbocycles. The fourth-order valence-electron chi connectivity index (χ4n) is 1.63. The first-order valence-electron chi connectivity index (χ1n) is 6.04. The van der Waals surface area contributed by atoms with Gasteiger partial charge in [-0.2, -0.15) is 5.10 Å². The van der Waals surface area contributed by atoms with Crippen LogP contribution in [-0.2, 0) is 4.74 Å². The summed E-state index contributed by atoms with van der Waals surface area (Å²) in [6.45, 7) is 2.25. The topological polar surface area (TPSA) is 57.0 Å². The van der Waals surface area contributed by atoms with Gasteiger partial charge in [-0.05, 0) is 25.1 Å². The number of esters is 1. The van der Waals surface area contributed by atoms with Crippen molar-refractivity contribution in [3.05, 3.63) is 46.5 Å². The van der Waals surface area contributed by atoms with Gasteiger partial charge in [-0.25, -0.2) is 9.78 Å². The molecule has 0 aliphatic heterocycles. The molecule has 0 saturated carbocycles. The quantitative estimate of drug-likeness (QED) is 0.794. The number of carbonyl (C=O) groups is 1. The minimum Gasteiger partial charge on any atom is -0.462 e. The molecule has 0 amide bonds. The molecule has 0 N–H and O–H groups in total. The van der Waals surface area contributed by atoms with E-state index in [2.05, 4.69) is 10.1 Å². The third-order valence-corrected chi connectivity index (χ3v) is 3.36.